The van der Waals surface area contributed by atoms with Gasteiger partial charge >= 0.3 is 0 Å². The van der Waals surface area contributed by atoms with E-state index in [0.717, 1.165) is 5.69 Å². The van der Waals surface area contributed by atoms with Gasteiger partial charge < -0.3 is 4.90 Å². The van der Waals surface area contributed by atoms with E-state index < -0.39 is 9.05 Å². The maximum absolute atomic E-state index is 11.7. The second kappa shape index (κ2) is 3.46. The van der Waals surface area contributed by atoms with Crippen LogP contribution in [0.5, 0.6) is 0 Å². The average molecular weight is 260 g/mol. The van der Waals surface area contributed by atoms with Crippen LogP contribution in [0.2, 0.25) is 0 Å². The molecule has 2 rings (SSSR count). The lowest BCUT2D eigenvalue weighted by Crippen LogP contribution is -2.22. The van der Waals surface area contributed by atoms with Gasteiger partial charge in [-0.2, -0.15) is 0 Å². The average Bonchev–Trinajstić information content (AvgIpc) is 2.43. The molecule has 16 heavy (non-hydrogen) atoms. The number of fused-ring (bicyclic) bond motifs is 1. The van der Waals surface area contributed by atoms with Gasteiger partial charge in [0.25, 0.3) is 9.05 Å². The Bertz CT molecular complexity index is 567. The van der Waals surface area contributed by atoms with Crippen LogP contribution in [-0.4, -0.2) is 21.4 Å². The number of halogens is 1. The van der Waals surface area contributed by atoms with Gasteiger partial charge in [-0.05, 0) is 30.7 Å². The smallest absolute Gasteiger partial charge is 0.261 e. The van der Waals surface area contributed by atoms with Crippen molar-refractivity contribution < 1.29 is 13.2 Å². The summed E-state index contributed by atoms with van der Waals surface area (Å²) in [6, 6.07) is 4.47. The zero-order valence-electron chi connectivity index (χ0n) is 8.77. The van der Waals surface area contributed by atoms with Gasteiger partial charge in [-0.25, -0.2) is 8.42 Å². The molecule has 0 N–H and O–H groups in total. The fourth-order valence-corrected chi connectivity index (χ4v) is 2.67. The van der Waals surface area contributed by atoms with E-state index in [1.807, 2.05) is 0 Å². The van der Waals surface area contributed by atoms with Crippen molar-refractivity contribution in [2.24, 2.45) is 0 Å². The van der Waals surface area contributed by atoms with Crippen molar-refractivity contribution in [2.75, 3.05) is 11.9 Å². The highest BCUT2D eigenvalue weighted by Crippen LogP contribution is 2.37. The molecule has 0 aromatic heterocycles. The first-order valence-electron chi connectivity index (χ1n) is 4.68. The molecule has 1 aromatic carbocycles. The molecule has 1 aromatic rings. The normalized spacial score (nSPS) is 20.1. The zero-order chi connectivity index (χ0) is 12.1. The first-order chi connectivity index (χ1) is 7.32. The maximum Gasteiger partial charge on any atom is 0.261 e. The quantitative estimate of drug-likeness (QED) is 0.722. The van der Waals surface area contributed by atoms with E-state index in [-0.39, 0.29) is 16.7 Å². The van der Waals surface area contributed by atoms with Crippen molar-refractivity contribution in [1.29, 1.82) is 0 Å². The van der Waals surface area contributed by atoms with Crippen molar-refractivity contribution in [2.45, 2.75) is 17.7 Å². The lowest BCUT2D eigenvalue weighted by molar-refractivity contribution is -0.118. The summed E-state index contributed by atoms with van der Waals surface area (Å²) in [5, 5.41) is 0. The minimum absolute atomic E-state index is 0.0304. The summed E-state index contributed by atoms with van der Waals surface area (Å²) in [6.07, 6.45) is 0. The number of benzene rings is 1. The van der Waals surface area contributed by atoms with Crippen LogP contribution in [0, 0.1) is 0 Å². The molecule has 0 saturated carbocycles. The number of hydrogen-bond donors (Lipinski definition) is 0. The molecule has 1 aliphatic heterocycles. The van der Waals surface area contributed by atoms with Gasteiger partial charge in [0.05, 0.1) is 10.8 Å². The number of anilines is 1. The van der Waals surface area contributed by atoms with Gasteiger partial charge in [0.2, 0.25) is 5.91 Å². The Labute approximate surface area is 98.2 Å². The molecule has 1 amide bonds. The van der Waals surface area contributed by atoms with Crippen molar-refractivity contribution >= 4 is 31.3 Å². The first kappa shape index (κ1) is 11.4. The molecule has 0 spiro atoms. The minimum Gasteiger partial charge on any atom is -0.315 e. The highest BCUT2D eigenvalue weighted by molar-refractivity contribution is 8.13. The minimum atomic E-state index is -3.74. The number of nitrogens with zero attached hydrogens (tertiary/aromatic N) is 1. The summed E-state index contributed by atoms with van der Waals surface area (Å²) >= 11 is 0. The monoisotopic (exact) mass is 259 g/mol. The molecule has 0 aliphatic carbocycles. The lowest BCUT2D eigenvalue weighted by atomic mass is 10.0. The van der Waals surface area contributed by atoms with E-state index in [2.05, 4.69) is 0 Å². The van der Waals surface area contributed by atoms with Gasteiger partial charge in [-0.3, -0.25) is 4.79 Å². The predicted molar refractivity (Wildman–Crippen MR) is 61.3 cm³/mol. The Balaban J connectivity index is 2.62. The second-order valence-corrected chi connectivity index (χ2v) is 6.34. The number of carbonyl (C=O) groups excluding carboxylic acids is 1. The summed E-state index contributed by atoms with van der Waals surface area (Å²) in [4.78, 5) is 13.2. The van der Waals surface area contributed by atoms with Gasteiger partial charge in [-0.1, -0.05) is 0 Å². The maximum atomic E-state index is 11.7. The number of hydrogen-bond acceptors (Lipinski definition) is 3. The van der Waals surface area contributed by atoms with Crippen LogP contribution in [0.1, 0.15) is 18.4 Å². The Morgan fingerprint density at radius 3 is 2.56 bits per heavy atom. The Morgan fingerprint density at radius 2 is 2.00 bits per heavy atom. The third-order valence-corrected chi connectivity index (χ3v) is 4.16. The van der Waals surface area contributed by atoms with Gasteiger partial charge in [0.1, 0.15) is 0 Å². The van der Waals surface area contributed by atoms with Crippen molar-refractivity contribution in [1.82, 2.24) is 0 Å². The molecule has 6 heteroatoms. The highest BCUT2D eigenvalue weighted by Gasteiger charge is 2.32. The molecular weight excluding hydrogens is 250 g/mol. The SMILES string of the molecule is CC1C(=O)N(C)c2ccc(S(=O)(=O)Cl)cc21. The number of likely N-dealkylation sites (N-methyl/N-ethyl adjacent to an activating group) is 1. The largest absolute Gasteiger partial charge is 0.315 e. The molecule has 0 radical (unpaired) electrons. The third kappa shape index (κ3) is 1.60. The van der Waals surface area contributed by atoms with Gasteiger partial charge in [-0.15, -0.1) is 0 Å². The molecule has 1 unspecified atom stereocenters. The molecular formula is C10H10ClNO3S. The third-order valence-electron chi connectivity index (χ3n) is 2.81. The summed E-state index contributed by atoms with van der Waals surface area (Å²) in [5.41, 5.74) is 1.44. The van der Waals surface area contributed by atoms with Crippen LogP contribution < -0.4 is 4.90 Å². The van der Waals surface area contributed by atoms with Crippen molar-refractivity contribution in [3.05, 3.63) is 23.8 Å². The Morgan fingerprint density at radius 1 is 1.38 bits per heavy atom. The van der Waals surface area contributed by atoms with Crippen LogP contribution in [-0.2, 0) is 13.8 Å². The summed E-state index contributed by atoms with van der Waals surface area (Å²) in [6.45, 7) is 1.75. The van der Waals surface area contributed by atoms with Crippen LogP contribution in [0.3, 0.4) is 0 Å². The van der Waals surface area contributed by atoms with E-state index in [1.54, 1.807) is 20.0 Å². The Hall–Kier alpha value is -1.07. The van der Waals surface area contributed by atoms with E-state index >= 15 is 0 Å². The summed E-state index contributed by atoms with van der Waals surface area (Å²) in [7, 11) is 3.18. The number of rotatable bonds is 1. The lowest BCUT2D eigenvalue weighted by Gasteiger charge is -2.09. The molecule has 0 bridgehead atoms. The van der Waals surface area contributed by atoms with Gasteiger partial charge in [0.15, 0.2) is 0 Å². The number of amides is 1. The van der Waals surface area contributed by atoms with Crippen LogP contribution in [0.4, 0.5) is 5.69 Å². The van der Waals surface area contributed by atoms with Crippen molar-refractivity contribution in [3.8, 4) is 0 Å². The van der Waals surface area contributed by atoms with E-state index in [9.17, 15) is 13.2 Å². The van der Waals surface area contributed by atoms with Crippen LogP contribution in [0.15, 0.2) is 23.1 Å². The summed E-state index contributed by atoms with van der Waals surface area (Å²) in [5.74, 6) is -0.363. The van der Waals surface area contributed by atoms with E-state index in [4.69, 9.17) is 10.7 Å². The molecule has 86 valence electrons. The van der Waals surface area contributed by atoms with Gasteiger partial charge in [0, 0.05) is 23.4 Å². The van der Waals surface area contributed by atoms with E-state index in [1.165, 1.54) is 17.0 Å². The molecule has 1 atom stereocenters. The molecule has 1 heterocycles. The first-order valence-corrected chi connectivity index (χ1v) is 6.99. The standard InChI is InChI=1S/C10H10ClNO3S/c1-6-8-5-7(16(11,14)15)3-4-9(8)12(2)10(6)13/h3-6H,1-2H3. The Kier molecular flexibility index (Phi) is 2.47. The molecule has 0 saturated heterocycles. The van der Waals surface area contributed by atoms with Crippen molar-refractivity contribution in [3.63, 3.8) is 0 Å². The van der Waals surface area contributed by atoms with Crippen LogP contribution in [0.25, 0.3) is 0 Å². The van der Waals surface area contributed by atoms with E-state index in [0.29, 0.717) is 5.56 Å². The fraction of sp³-hybridized carbons (Fsp3) is 0.300. The zero-order valence-corrected chi connectivity index (χ0v) is 10.3. The van der Waals surface area contributed by atoms with Crippen LogP contribution >= 0.6 is 10.7 Å². The summed E-state index contributed by atoms with van der Waals surface area (Å²) < 4.78 is 22.3. The topological polar surface area (TPSA) is 54.5 Å². The highest BCUT2D eigenvalue weighted by atomic mass is 35.7. The number of carbonyl (C=O) groups is 1. The molecule has 0 fully saturated rings. The molecule has 4 nitrogen and oxygen atoms in total. The molecule has 1 aliphatic rings. The fourth-order valence-electron chi connectivity index (χ4n) is 1.88. The second-order valence-electron chi connectivity index (χ2n) is 3.78. The predicted octanol–water partition coefficient (Wildman–Crippen LogP) is 1.69.